The summed E-state index contributed by atoms with van der Waals surface area (Å²) < 4.78 is 6.39. The molecule has 0 radical (unpaired) electrons. The Labute approximate surface area is 137 Å². The summed E-state index contributed by atoms with van der Waals surface area (Å²) >= 11 is 13.3. The number of hydrogen-bond donors (Lipinski definition) is 1. The van der Waals surface area contributed by atoms with Crippen LogP contribution >= 0.6 is 34.5 Å². The summed E-state index contributed by atoms with van der Waals surface area (Å²) in [4.78, 5) is 6.70. The maximum Gasteiger partial charge on any atom is 0.260 e. The molecule has 2 aromatic rings. The van der Waals surface area contributed by atoms with E-state index >= 15 is 0 Å². The van der Waals surface area contributed by atoms with Crippen LogP contribution in [0.1, 0.15) is 31.1 Å². The summed E-state index contributed by atoms with van der Waals surface area (Å²) in [6, 6.07) is 1.47. The zero-order valence-corrected chi connectivity index (χ0v) is 13.7. The van der Waals surface area contributed by atoms with Crippen molar-refractivity contribution >= 4 is 34.5 Å². The number of rotatable bonds is 4. The second-order valence-electron chi connectivity index (χ2n) is 5.16. The van der Waals surface area contributed by atoms with Crippen LogP contribution in [0, 0.1) is 0 Å². The van der Waals surface area contributed by atoms with Gasteiger partial charge in [-0.05, 0) is 32.0 Å². The van der Waals surface area contributed by atoms with Crippen molar-refractivity contribution in [2.45, 2.75) is 25.3 Å². The van der Waals surface area contributed by atoms with E-state index in [4.69, 9.17) is 33.5 Å². The van der Waals surface area contributed by atoms with E-state index in [0.717, 1.165) is 19.6 Å². The van der Waals surface area contributed by atoms with Gasteiger partial charge in [0.15, 0.2) is 5.82 Å². The van der Waals surface area contributed by atoms with Gasteiger partial charge in [0.1, 0.15) is 4.34 Å². The highest BCUT2D eigenvalue weighted by atomic mass is 35.5. The lowest BCUT2D eigenvalue weighted by atomic mass is 10.1. The molecule has 0 bridgehead atoms. The average molecular weight is 347 g/mol. The lowest BCUT2D eigenvalue weighted by Crippen LogP contribution is -2.36. The minimum Gasteiger partial charge on any atom is -0.334 e. The summed E-state index contributed by atoms with van der Waals surface area (Å²) in [6.07, 6.45) is 3.76. The smallest absolute Gasteiger partial charge is 0.260 e. The number of piperidine rings is 1. The van der Waals surface area contributed by atoms with Gasteiger partial charge < -0.3 is 15.2 Å². The van der Waals surface area contributed by atoms with Gasteiger partial charge in [0.25, 0.3) is 5.89 Å². The van der Waals surface area contributed by atoms with Crippen LogP contribution in [0.3, 0.4) is 0 Å². The third-order valence-electron chi connectivity index (χ3n) is 3.56. The minimum absolute atomic E-state index is 0.256. The summed E-state index contributed by atoms with van der Waals surface area (Å²) in [5.74, 6) is 0.876. The lowest BCUT2D eigenvalue weighted by Gasteiger charge is -2.27. The molecular formula is C13H16Cl2N4OS. The highest BCUT2D eigenvalue weighted by Crippen LogP contribution is 2.37. The van der Waals surface area contributed by atoms with Crippen LogP contribution in [0.15, 0.2) is 10.6 Å². The molecule has 1 atom stereocenters. The molecule has 0 aliphatic carbocycles. The SMILES string of the molecule is NC(CN1CCCCC1)c1noc(-c2cc(Cl)sc2Cl)n1. The fraction of sp³-hybridized carbons (Fsp3) is 0.538. The molecule has 2 aromatic heterocycles. The van der Waals surface area contributed by atoms with Gasteiger partial charge in [-0.25, -0.2) is 0 Å². The van der Waals surface area contributed by atoms with Crippen molar-refractivity contribution in [1.82, 2.24) is 15.0 Å². The first-order valence-electron chi connectivity index (χ1n) is 6.90. The van der Waals surface area contributed by atoms with E-state index in [9.17, 15) is 0 Å². The number of nitrogens with zero attached hydrogens (tertiary/aromatic N) is 3. The number of aromatic nitrogens is 2. The summed E-state index contributed by atoms with van der Waals surface area (Å²) in [6.45, 7) is 2.92. The molecule has 1 unspecified atom stereocenters. The van der Waals surface area contributed by atoms with Crippen molar-refractivity contribution < 1.29 is 4.52 Å². The number of halogens is 2. The Bertz CT molecular complexity index is 609. The average Bonchev–Trinajstić information content (AvgIpc) is 3.06. The Morgan fingerprint density at radius 3 is 2.76 bits per heavy atom. The minimum atomic E-state index is -0.256. The van der Waals surface area contributed by atoms with E-state index in [1.165, 1.54) is 30.6 Å². The zero-order valence-electron chi connectivity index (χ0n) is 11.4. The van der Waals surface area contributed by atoms with Crippen molar-refractivity contribution in [1.29, 1.82) is 0 Å². The Balaban J connectivity index is 1.70. The Morgan fingerprint density at radius 1 is 1.33 bits per heavy atom. The van der Waals surface area contributed by atoms with E-state index in [0.29, 0.717) is 26.0 Å². The van der Waals surface area contributed by atoms with Crippen LogP contribution in [-0.2, 0) is 0 Å². The molecule has 21 heavy (non-hydrogen) atoms. The second kappa shape index (κ2) is 6.62. The van der Waals surface area contributed by atoms with Crippen LogP contribution in [0.25, 0.3) is 11.5 Å². The number of hydrogen-bond acceptors (Lipinski definition) is 6. The van der Waals surface area contributed by atoms with Gasteiger partial charge >= 0.3 is 0 Å². The molecule has 0 spiro atoms. The predicted molar refractivity (Wildman–Crippen MR) is 84.9 cm³/mol. The van der Waals surface area contributed by atoms with Crippen LogP contribution in [0.2, 0.25) is 8.67 Å². The molecule has 8 heteroatoms. The summed E-state index contributed by atoms with van der Waals surface area (Å²) in [5, 5.41) is 3.97. The van der Waals surface area contributed by atoms with Crippen molar-refractivity contribution in [3.63, 3.8) is 0 Å². The van der Waals surface area contributed by atoms with Crippen molar-refractivity contribution in [2.24, 2.45) is 5.73 Å². The molecule has 1 saturated heterocycles. The Hall–Kier alpha value is -0.660. The Kier molecular flexibility index (Phi) is 4.81. The molecule has 3 heterocycles. The third-order valence-corrected chi connectivity index (χ3v) is 5.05. The monoisotopic (exact) mass is 346 g/mol. The summed E-state index contributed by atoms with van der Waals surface area (Å²) in [5.41, 5.74) is 6.84. The molecule has 1 aliphatic heterocycles. The lowest BCUT2D eigenvalue weighted by molar-refractivity contribution is 0.213. The standard InChI is InChI=1S/C13H16Cl2N4OS/c14-10-6-8(11(15)21-10)13-17-12(18-20-13)9(16)7-19-4-2-1-3-5-19/h6,9H,1-5,7,16H2. The Morgan fingerprint density at radius 2 is 2.10 bits per heavy atom. The van der Waals surface area contributed by atoms with Crippen LogP contribution in [0.4, 0.5) is 0 Å². The van der Waals surface area contributed by atoms with Crippen molar-refractivity contribution in [2.75, 3.05) is 19.6 Å². The van der Waals surface area contributed by atoms with Gasteiger partial charge in [-0.15, -0.1) is 11.3 Å². The molecule has 3 rings (SSSR count). The first-order valence-corrected chi connectivity index (χ1v) is 8.47. The molecule has 0 saturated carbocycles. The van der Waals surface area contributed by atoms with Gasteiger partial charge in [0, 0.05) is 6.54 Å². The maximum absolute atomic E-state index is 6.18. The van der Waals surface area contributed by atoms with Gasteiger partial charge in [-0.1, -0.05) is 34.8 Å². The van der Waals surface area contributed by atoms with E-state index in [-0.39, 0.29) is 6.04 Å². The highest BCUT2D eigenvalue weighted by Gasteiger charge is 2.21. The number of likely N-dealkylation sites (tertiary alicyclic amines) is 1. The maximum atomic E-state index is 6.18. The fourth-order valence-corrected chi connectivity index (χ4v) is 3.93. The van der Waals surface area contributed by atoms with Gasteiger partial charge in [-0.2, -0.15) is 4.98 Å². The van der Waals surface area contributed by atoms with Gasteiger partial charge in [0.05, 0.1) is 15.9 Å². The molecule has 1 fully saturated rings. The zero-order chi connectivity index (χ0) is 14.8. The molecule has 0 amide bonds. The third kappa shape index (κ3) is 3.57. The molecular weight excluding hydrogens is 331 g/mol. The normalized spacial score (nSPS) is 18.0. The van der Waals surface area contributed by atoms with Crippen LogP contribution in [0.5, 0.6) is 0 Å². The second-order valence-corrected chi connectivity index (χ2v) is 7.45. The van der Waals surface area contributed by atoms with Gasteiger partial charge in [0.2, 0.25) is 0 Å². The van der Waals surface area contributed by atoms with Crippen LogP contribution < -0.4 is 5.73 Å². The largest absolute Gasteiger partial charge is 0.334 e. The highest BCUT2D eigenvalue weighted by molar-refractivity contribution is 7.20. The topological polar surface area (TPSA) is 68.2 Å². The number of nitrogens with two attached hydrogens (primary N) is 1. The van der Waals surface area contributed by atoms with E-state index < -0.39 is 0 Å². The molecule has 114 valence electrons. The van der Waals surface area contributed by atoms with E-state index in [2.05, 4.69) is 15.0 Å². The fourth-order valence-electron chi connectivity index (χ4n) is 2.48. The van der Waals surface area contributed by atoms with Crippen molar-refractivity contribution in [3.8, 4) is 11.5 Å². The molecule has 5 nitrogen and oxygen atoms in total. The number of thiophene rings is 1. The van der Waals surface area contributed by atoms with Gasteiger partial charge in [-0.3, -0.25) is 0 Å². The molecule has 1 aliphatic rings. The predicted octanol–water partition coefficient (Wildman–Crippen LogP) is 3.59. The summed E-state index contributed by atoms with van der Waals surface area (Å²) in [7, 11) is 0. The molecule has 0 aromatic carbocycles. The quantitative estimate of drug-likeness (QED) is 0.915. The first kappa shape index (κ1) is 15.2. The van der Waals surface area contributed by atoms with Crippen molar-refractivity contribution in [3.05, 3.63) is 20.6 Å². The first-order chi connectivity index (χ1) is 10.1. The van der Waals surface area contributed by atoms with E-state index in [1.54, 1.807) is 6.07 Å². The van der Waals surface area contributed by atoms with E-state index in [1.807, 2.05) is 0 Å². The van der Waals surface area contributed by atoms with Crippen LogP contribution in [-0.4, -0.2) is 34.7 Å². The molecule has 2 N–H and O–H groups in total.